The second-order valence-electron chi connectivity index (χ2n) is 15.9. The summed E-state index contributed by atoms with van der Waals surface area (Å²) >= 11 is 3.31. The molecule has 2 aromatic carbocycles. The largest absolute Gasteiger partial charge is 0.467 e. The van der Waals surface area contributed by atoms with Gasteiger partial charge in [0.2, 0.25) is 23.6 Å². The van der Waals surface area contributed by atoms with Crippen LogP contribution in [0.25, 0.3) is 0 Å². The fourth-order valence-electron chi connectivity index (χ4n) is 9.23. The number of hydrogen-bond donors (Lipinski definition) is 0. The van der Waals surface area contributed by atoms with E-state index < -0.39 is 47.9 Å². The van der Waals surface area contributed by atoms with E-state index in [1.54, 1.807) is 57.2 Å². The van der Waals surface area contributed by atoms with Gasteiger partial charge >= 0.3 is 11.9 Å². The zero-order valence-corrected chi connectivity index (χ0v) is 35.8. The van der Waals surface area contributed by atoms with Gasteiger partial charge in [0, 0.05) is 25.9 Å². The molecule has 58 heavy (non-hydrogen) atoms. The molecule has 314 valence electrons. The molecule has 8 unspecified atom stereocenters. The van der Waals surface area contributed by atoms with E-state index in [1.165, 1.54) is 14.2 Å². The highest BCUT2D eigenvalue weighted by molar-refractivity contribution is 8.00. The molecule has 0 saturated carbocycles. The van der Waals surface area contributed by atoms with Crippen molar-refractivity contribution in [3.8, 4) is 0 Å². The third kappa shape index (κ3) is 9.86. The Kier molecular flexibility index (Phi) is 15.2. The van der Waals surface area contributed by atoms with Gasteiger partial charge in [0.1, 0.15) is 24.2 Å². The highest BCUT2D eigenvalue weighted by Crippen LogP contribution is 2.38. The van der Waals surface area contributed by atoms with Crippen LogP contribution in [0.5, 0.6) is 0 Å². The minimum atomic E-state index is -0.743. The van der Waals surface area contributed by atoms with Crippen molar-refractivity contribution < 1.29 is 38.2 Å². The van der Waals surface area contributed by atoms with Gasteiger partial charge in [-0.1, -0.05) is 60.7 Å². The number of methoxy groups -OCH3 is 2. The van der Waals surface area contributed by atoms with E-state index in [0.717, 1.165) is 36.8 Å². The van der Waals surface area contributed by atoms with Crippen LogP contribution in [0.15, 0.2) is 60.7 Å². The Morgan fingerprint density at radius 2 is 1.00 bits per heavy atom. The summed E-state index contributed by atoms with van der Waals surface area (Å²) < 4.78 is 10.2. The molecule has 8 atom stereocenters. The first-order valence-electron chi connectivity index (χ1n) is 20.7. The number of benzene rings is 2. The minimum absolute atomic E-state index is 0.146. The van der Waals surface area contributed by atoms with Crippen LogP contribution in [-0.4, -0.2) is 130 Å². The highest BCUT2D eigenvalue weighted by Gasteiger charge is 2.47. The predicted molar refractivity (Wildman–Crippen MR) is 224 cm³/mol. The van der Waals surface area contributed by atoms with Gasteiger partial charge in [-0.15, -0.1) is 23.5 Å². The number of hydrogen-bond acceptors (Lipinski definition) is 10. The van der Waals surface area contributed by atoms with Crippen LogP contribution in [0, 0.1) is 11.8 Å². The molecule has 4 fully saturated rings. The van der Waals surface area contributed by atoms with Gasteiger partial charge in [-0.2, -0.15) is 0 Å². The molecule has 0 spiro atoms. The van der Waals surface area contributed by atoms with E-state index in [0.29, 0.717) is 62.9 Å². The van der Waals surface area contributed by atoms with Crippen LogP contribution in [0.3, 0.4) is 0 Å². The van der Waals surface area contributed by atoms with Gasteiger partial charge in [0.15, 0.2) is 0 Å². The smallest absolute Gasteiger partial charge is 0.328 e. The second-order valence-corrected chi connectivity index (χ2v) is 18.5. The Balaban J connectivity index is 1.25. The molecule has 4 amide bonds. The predicted octanol–water partition coefficient (Wildman–Crippen LogP) is 5.17. The summed E-state index contributed by atoms with van der Waals surface area (Å²) in [6.45, 7) is 0. The van der Waals surface area contributed by atoms with Crippen molar-refractivity contribution in [3.63, 3.8) is 0 Å². The molecule has 0 aromatic heterocycles. The average molecular weight is 835 g/mol. The number of rotatable bonds is 13. The molecule has 4 saturated heterocycles. The van der Waals surface area contributed by atoms with Gasteiger partial charge in [-0.25, -0.2) is 9.59 Å². The van der Waals surface area contributed by atoms with Crippen molar-refractivity contribution >= 4 is 59.1 Å². The number of fused-ring (bicyclic) bond motifs is 2. The number of nitrogens with zero attached hydrogens (tertiary/aromatic N) is 4. The van der Waals surface area contributed by atoms with Gasteiger partial charge in [-0.05, 0) is 99.7 Å². The zero-order valence-electron chi connectivity index (χ0n) is 34.2. The molecule has 14 heteroatoms. The van der Waals surface area contributed by atoms with Crippen LogP contribution < -0.4 is 0 Å². The maximum absolute atomic E-state index is 14.8. The van der Waals surface area contributed by atoms with Crippen molar-refractivity contribution in [3.05, 3.63) is 71.8 Å². The monoisotopic (exact) mass is 834 g/mol. The Morgan fingerprint density at radius 1 is 0.621 bits per heavy atom. The Morgan fingerprint density at radius 3 is 1.36 bits per heavy atom. The fraction of sp³-hybridized carbons (Fsp3) is 0.591. The first-order valence-corrected chi connectivity index (χ1v) is 22.8. The molecular weight excluding hydrogens is 777 g/mol. The lowest BCUT2D eigenvalue weighted by Gasteiger charge is -2.41. The maximum atomic E-state index is 14.8. The molecule has 0 aliphatic carbocycles. The molecule has 4 aliphatic heterocycles. The molecule has 0 bridgehead atoms. The number of ether oxygens (including phenoxy) is 2. The quantitative estimate of drug-likeness (QED) is 0.249. The number of carbonyl (C=O) groups is 6. The molecule has 4 heterocycles. The summed E-state index contributed by atoms with van der Waals surface area (Å²) in [6.07, 6.45) is 6.76. The lowest BCUT2D eigenvalue weighted by atomic mass is 9.86. The van der Waals surface area contributed by atoms with Crippen LogP contribution in [0.1, 0.15) is 75.3 Å². The number of esters is 2. The summed E-state index contributed by atoms with van der Waals surface area (Å²) in [7, 11) is 6.06. The lowest BCUT2D eigenvalue weighted by Crippen LogP contribution is -2.58. The Hall–Kier alpha value is -4.04. The van der Waals surface area contributed by atoms with E-state index in [1.807, 2.05) is 60.7 Å². The topological polar surface area (TPSA) is 134 Å². The van der Waals surface area contributed by atoms with Crippen LogP contribution in [0.2, 0.25) is 0 Å². The number of likely N-dealkylation sites (N-methyl/N-ethyl adjacent to an activating group) is 2. The van der Waals surface area contributed by atoms with E-state index in [4.69, 9.17) is 9.47 Å². The summed E-state index contributed by atoms with van der Waals surface area (Å²) in [5.41, 5.74) is 1.94. The molecular formula is C44H58N4O8S2. The van der Waals surface area contributed by atoms with Gasteiger partial charge in [0.05, 0.1) is 25.0 Å². The third-order valence-corrected chi connectivity index (χ3v) is 15.1. The normalized spacial score (nSPS) is 25.9. The summed E-state index contributed by atoms with van der Waals surface area (Å²) in [6, 6.07) is 16.7. The lowest BCUT2D eigenvalue weighted by molar-refractivity contribution is -0.159. The number of carbonyl (C=O) groups excluding carboxylic acids is 6. The van der Waals surface area contributed by atoms with Crippen LogP contribution in [0.4, 0.5) is 0 Å². The molecule has 0 radical (unpaired) electrons. The standard InChI is InChI=1S/C44H58N4O8S2/c1-45(33-23-25-57-37-19-11-17-35(43(53)55-3)47(37)41(33)51)39(49)31(27-29-13-7-5-8-14-29)21-22-32(28-30-15-9-6-10-16-30)40(50)46(2)34-24-26-58-38-20-12-18-36(44(54)56-4)48(38)42(34)52/h5-10,13-16,31-38H,11-12,17-28H2,1-4H3. The molecule has 4 aliphatic rings. The summed E-state index contributed by atoms with van der Waals surface area (Å²) in [4.78, 5) is 90.4. The van der Waals surface area contributed by atoms with E-state index >= 15 is 0 Å². The van der Waals surface area contributed by atoms with Crippen LogP contribution >= 0.6 is 23.5 Å². The molecule has 2 aromatic rings. The second kappa shape index (κ2) is 20.3. The van der Waals surface area contributed by atoms with E-state index in [-0.39, 0.29) is 34.4 Å². The first-order chi connectivity index (χ1) is 28.0. The Labute approximate surface area is 351 Å². The first kappa shape index (κ1) is 43.5. The van der Waals surface area contributed by atoms with E-state index in [2.05, 4.69) is 0 Å². The van der Waals surface area contributed by atoms with Crippen molar-refractivity contribution in [2.75, 3.05) is 39.8 Å². The van der Waals surface area contributed by atoms with Crippen molar-refractivity contribution in [1.29, 1.82) is 0 Å². The zero-order chi connectivity index (χ0) is 41.3. The number of piperidine rings is 2. The summed E-state index contributed by atoms with van der Waals surface area (Å²) in [5, 5.41) is -0.293. The maximum Gasteiger partial charge on any atom is 0.328 e. The van der Waals surface area contributed by atoms with Gasteiger partial charge in [0.25, 0.3) is 0 Å². The van der Waals surface area contributed by atoms with Crippen molar-refractivity contribution in [2.45, 2.75) is 112 Å². The minimum Gasteiger partial charge on any atom is -0.467 e. The summed E-state index contributed by atoms with van der Waals surface area (Å²) in [5.74, 6) is -1.44. The Bertz CT molecular complexity index is 1640. The fourth-order valence-corrected chi connectivity index (χ4v) is 12.0. The average Bonchev–Trinajstić information content (AvgIpc) is 3.54. The van der Waals surface area contributed by atoms with Crippen molar-refractivity contribution in [2.24, 2.45) is 11.8 Å². The molecule has 6 rings (SSSR count). The SMILES string of the molecule is COC(=O)C1CCCC2SCCC(N(C)C(=O)C(CCC(Cc3ccccc3)C(=O)N(C)C3CCSC4CCCC(C(=O)OC)N4C3=O)Cc3ccccc3)C(=O)N21. The number of thioether (sulfide) groups is 2. The highest BCUT2D eigenvalue weighted by atomic mass is 32.2. The molecule has 0 N–H and O–H groups in total. The van der Waals surface area contributed by atoms with Gasteiger partial charge < -0.3 is 29.1 Å². The number of amides is 4. The van der Waals surface area contributed by atoms with E-state index in [9.17, 15) is 28.8 Å². The van der Waals surface area contributed by atoms with Crippen molar-refractivity contribution in [1.82, 2.24) is 19.6 Å². The molecule has 12 nitrogen and oxygen atoms in total. The van der Waals surface area contributed by atoms with Gasteiger partial charge in [-0.3, -0.25) is 19.2 Å². The third-order valence-electron chi connectivity index (χ3n) is 12.4. The van der Waals surface area contributed by atoms with Crippen LogP contribution in [-0.2, 0) is 51.1 Å².